The molecule has 2 rings (SSSR count). The van der Waals surface area contributed by atoms with Gasteiger partial charge in [-0.05, 0) is 30.3 Å². The van der Waals surface area contributed by atoms with E-state index in [-0.39, 0.29) is 11.8 Å². The molecule has 1 atom stereocenters. The molecule has 0 saturated heterocycles. The van der Waals surface area contributed by atoms with Gasteiger partial charge in [-0.3, -0.25) is 19.7 Å². The SMILES string of the molecule is CC(=O)Nc1cccc(NC(=O)COc2ccc(S(=O)C(F)(F)C(F)(F)C(F)(F)F)cc2[N+](=O)[O-])c1. The van der Waals surface area contributed by atoms with Gasteiger partial charge in [-0.25, -0.2) is 4.21 Å². The summed E-state index contributed by atoms with van der Waals surface area (Å²) in [5.41, 5.74) is -0.719. The molecule has 2 N–H and O–H groups in total. The molecule has 2 aromatic rings. The third-order valence-electron chi connectivity index (χ3n) is 4.12. The zero-order valence-corrected chi connectivity index (χ0v) is 18.5. The number of hydrogen-bond acceptors (Lipinski definition) is 6. The van der Waals surface area contributed by atoms with Crippen LogP contribution in [0.2, 0.25) is 0 Å². The molecule has 0 bridgehead atoms. The maximum atomic E-state index is 13.7. The summed E-state index contributed by atoms with van der Waals surface area (Å²) in [6.45, 7) is 0.353. The number of ether oxygens (including phenoxy) is 1. The topological polar surface area (TPSA) is 128 Å². The van der Waals surface area contributed by atoms with Crippen LogP contribution >= 0.6 is 0 Å². The van der Waals surface area contributed by atoms with Crippen LogP contribution in [-0.4, -0.2) is 44.9 Å². The predicted molar refractivity (Wildman–Crippen MR) is 110 cm³/mol. The minimum atomic E-state index is -6.75. The maximum absolute atomic E-state index is 13.7. The molecule has 1 unspecified atom stereocenters. The number of halogens is 7. The molecule has 9 nitrogen and oxygen atoms in total. The molecule has 0 aliphatic carbocycles. The van der Waals surface area contributed by atoms with Crippen molar-refractivity contribution in [2.24, 2.45) is 0 Å². The second kappa shape index (κ2) is 10.5. The summed E-state index contributed by atoms with van der Waals surface area (Å²) in [4.78, 5) is 31.7. The molecule has 0 heterocycles. The highest BCUT2D eigenvalue weighted by atomic mass is 32.2. The number of anilines is 2. The highest BCUT2D eigenvalue weighted by Gasteiger charge is 2.76. The Labute approximate surface area is 199 Å². The molecular weight excluding hydrogens is 531 g/mol. The Kier molecular flexibility index (Phi) is 8.28. The summed E-state index contributed by atoms with van der Waals surface area (Å²) in [6.07, 6.45) is -6.75. The second-order valence-corrected chi connectivity index (χ2v) is 8.36. The van der Waals surface area contributed by atoms with Crippen molar-refractivity contribution in [3.63, 3.8) is 0 Å². The lowest BCUT2D eigenvalue weighted by Gasteiger charge is -2.27. The molecule has 196 valence electrons. The van der Waals surface area contributed by atoms with Gasteiger partial charge in [0.25, 0.3) is 5.91 Å². The monoisotopic (exact) mass is 545 g/mol. The van der Waals surface area contributed by atoms with Gasteiger partial charge in [0, 0.05) is 24.4 Å². The van der Waals surface area contributed by atoms with Crippen LogP contribution in [0.4, 0.5) is 47.8 Å². The summed E-state index contributed by atoms with van der Waals surface area (Å²) < 4.78 is 108. The number of nitro benzene ring substituents is 1. The lowest BCUT2D eigenvalue weighted by molar-refractivity contribution is -0.386. The van der Waals surface area contributed by atoms with Crippen molar-refractivity contribution in [2.75, 3.05) is 17.2 Å². The molecular formula is C19H14F7N3O6S. The fraction of sp³-hybridized carbons (Fsp3) is 0.263. The predicted octanol–water partition coefficient (Wildman–Crippen LogP) is 4.47. The van der Waals surface area contributed by atoms with E-state index in [2.05, 4.69) is 10.6 Å². The van der Waals surface area contributed by atoms with E-state index in [1.807, 2.05) is 0 Å². The maximum Gasteiger partial charge on any atom is 0.461 e. The Balaban J connectivity index is 2.20. The van der Waals surface area contributed by atoms with Crippen LogP contribution in [0.1, 0.15) is 6.92 Å². The van der Waals surface area contributed by atoms with Crippen molar-refractivity contribution in [3.05, 3.63) is 52.6 Å². The Morgan fingerprint density at radius 2 is 1.58 bits per heavy atom. The number of carbonyl (C=O) groups is 2. The van der Waals surface area contributed by atoms with Crippen LogP contribution in [0, 0.1) is 10.1 Å². The summed E-state index contributed by atoms with van der Waals surface area (Å²) in [6, 6.07) is 6.71. The van der Waals surface area contributed by atoms with E-state index < -0.39 is 67.8 Å². The summed E-state index contributed by atoms with van der Waals surface area (Å²) >= 11 is 0. The minimum Gasteiger partial charge on any atom is -0.477 e. The number of amides is 2. The van der Waals surface area contributed by atoms with Crippen molar-refractivity contribution in [3.8, 4) is 5.75 Å². The molecule has 2 amide bonds. The lowest BCUT2D eigenvalue weighted by atomic mass is 10.2. The molecule has 0 aliphatic heterocycles. The molecule has 0 aliphatic rings. The number of carbonyl (C=O) groups excluding carboxylic acids is 2. The van der Waals surface area contributed by atoms with Gasteiger partial charge in [-0.15, -0.1) is 0 Å². The fourth-order valence-electron chi connectivity index (χ4n) is 2.53. The van der Waals surface area contributed by atoms with Crippen molar-refractivity contribution < 1.29 is 54.2 Å². The zero-order chi connectivity index (χ0) is 27.5. The first-order valence-corrected chi connectivity index (χ1v) is 10.5. The Bertz CT molecular complexity index is 1210. The van der Waals surface area contributed by atoms with E-state index >= 15 is 0 Å². The first-order chi connectivity index (χ1) is 16.5. The van der Waals surface area contributed by atoms with Crippen LogP contribution < -0.4 is 15.4 Å². The number of nitrogens with zero attached hydrogens (tertiary/aromatic N) is 1. The number of rotatable bonds is 9. The van der Waals surface area contributed by atoms with Gasteiger partial charge in [0.15, 0.2) is 12.4 Å². The van der Waals surface area contributed by atoms with E-state index in [1.54, 1.807) is 0 Å². The third-order valence-corrected chi connectivity index (χ3v) is 5.53. The van der Waals surface area contributed by atoms with Crippen LogP contribution in [0.15, 0.2) is 47.4 Å². The first-order valence-electron chi connectivity index (χ1n) is 9.30. The van der Waals surface area contributed by atoms with E-state index in [0.717, 1.165) is 0 Å². The van der Waals surface area contributed by atoms with Crippen molar-refractivity contribution in [2.45, 2.75) is 29.2 Å². The minimum absolute atomic E-state index is 0.0701. The van der Waals surface area contributed by atoms with Crippen LogP contribution in [0.3, 0.4) is 0 Å². The van der Waals surface area contributed by atoms with E-state index in [1.165, 1.54) is 31.2 Å². The first kappa shape index (κ1) is 28.5. The third kappa shape index (κ3) is 6.27. The van der Waals surface area contributed by atoms with Crippen molar-refractivity contribution in [1.29, 1.82) is 0 Å². The fourth-order valence-corrected chi connectivity index (χ4v) is 3.58. The average molecular weight is 545 g/mol. The van der Waals surface area contributed by atoms with E-state index in [0.29, 0.717) is 17.8 Å². The van der Waals surface area contributed by atoms with Gasteiger partial charge in [0.2, 0.25) is 5.91 Å². The normalized spacial score (nSPS) is 13.0. The zero-order valence-electron chi connectivity index (χ0n) is 17.7. The summed E-state index contributed by atoms with van der Waals surface area (Å²) in [5, 5.41) is 9.87. The highest BCUT2D eigenvalue weighted by molar-refractivity contribution is 7.86. The molecule has 0 spiro atoms. The largest absolute Gasteiger partial charge is 0.477 e. The standard InChI is InChI=1S/C19H14F7N3O6S/c1-10(30)27-11-3-2-4-12(7-11)28-16(31)9-35-15-6-5-13(8-14(15)29(32)33)36(34)19(25,26)17(20,21)18(22,23)24/h2-8H,9H2,1H3,(H,27,30)(H,28,31). The quantitative estimate of drug-likeness (QED) is 0.272. The average Bonchev–Trinajstić information content (AvgIpc) is 2.75. The van der Waals surface area contributed by atoms with Gasteiger partial charge in [-0.2, -0.15) is 30.7 Å². The van der Waals surface area contributed by atoms with Crippen LogP contribution in [0.5, 0.6) is 5.75 Å². The molecule has 0 fully saturated rings. The number of alkyl halides is 7. The van der Waals surface area contributed by atoms with Gasteiger partial charge < -0.3 is 15.4 Å². The Hall–Kier alpha value is -3.76. The second-order valence-electron chi connectivity index (χ2n) is 6.84. The van der Waals surface area contributed by atoms with Crippen LogP contribution in [0.25, 0.3) is 0 Å². The Morgan fingerprint density at radius 3 is 2.11 bits per heavy atom. The van der Waals surface area contributed by atoms with Crippen LogP contribution in [-0.2, 0) is 20.4 Å². The molecule has 2 aromatic carbocycles. The molecule has 17 heteroatoms. The molecule has 0 aromatic heterocycles. The number of benzene rings is 2. The van der Waals surface area contributed by atoms with E-state index in [9.17, 15) is 54.6 Å². The number of nitro groups is 1. The van der Waals surface area contributed by atoms with E-state index in [4.69, 9.17) is 4.74 Å². The number of hydrogen-bond donors (Lipinski definition) is 2. The van der Waals surface area contributed by atoms with Gasteiger partial charge in [0.1, 0.15) is 10.8 Å². The smallest absolute Gasteiger partial charge is 0.461 e. The summed E-state index contributed by atoms with van der Waals surface area (Å²) in [5.74, 6) is -8.73. The molecule has 0 radical (unpaired) electrons. The van der Waals surface area contributed by atoms with Gasteiger partial charge in [-0.1, -0.05) is 6.07 Å². The van der Waals surface area contributed by atoms with Gasteiger partial charge >= 0.3 is 23.0 Å². The van der Waals surface area contributed by atoms with Crippen molar-refractivity contribution in [1.82, 2.24) is 0 Å². The lowest BCUT2D eigenvalue weighted by Crippen LogP contribution is -2.54. The molecule has 0 saturated carbocycles. The Morgan fingerprint density at radius 1 is 1.00 bits per heavy atom. The van der Waals surface area contributed by atoms with Gasteiger partial charge in [0.05, 0.1) is 9.82 Å². The van der Waals surface area contributed by atoms with Crippen molar-refractivity contribution >= 4 is 39.7 Å². The molecule has 36 heavy (non-hydrogen) atoms. The highest BCUT2D eigenvalue weighted by Crippen LogP contribution is 2.49. The summed E-state index contributed by atoms with van der Waals surface area (Å²) in [7, 11) is -4.36. The number of nitrogens with one attached hydrogen (secondary N) is 2.